The third kappa shape index (κ3) is 3.77. The van der Waals surface area contributed by atoms with E-state index in [0.29, 0.717) is 42.5 Å². The van der Waals surface area contributed by atoms with Gasteiger partial charge in [0.2, 0.25) is 0 Å². The fourth-order valence-corrected chi connectivity index (χ4v) is 3.59. The zero-order valence-electron chi connectivity index (χ0n) is 13.2. The van der Waals surface area contributed by atoms with Crippen LogP contribution in [-0.2, 0) is 0 Å². The van der Waals surface area contributed by atoms with Crippen LogP contribution in [0.2, 0.25) is 5.02 Å². The third-order valence-electron chi connectivity index (χ3n) is 4.12. The maximum absolute atomic E-state index is 12.6. The zero-order valence-corrected chi connectivity index (χ0v) is 15.5. The Kier molecular flexibility index (Phi) is 5.24. The van der Waals surface area contributed by atoms with E-state index >= 15 is 0 Å². The topological polar surface area (TPSA) is 66.7 Å². The standard InChI is InChI=1S/C17H15BrClN3O3/c18-13-4-1-3-12(11-13)17(23)21-9-7-20(8-10-21)16-14(19)5-2-6-15(16)22(24)25/h1-6,11H,7-10H2. The summed E-state index contributed by atoms with van der Waals surface area (Å²) in [7, 11) is 0. The van der Waals surface area contributed by atoms with Gasteiger partial charge in [0.25, 0.3) is 11.6 Å². The van der Waals surface area contributed by atoms with Crippen LogP contribution in [-0.4, -0.2) is 41.9 Å². The number of piperazine rings is 1. The van der Waals surface area contributed by atoms with Crippen LogP contribution in [0.25, 0.3) is 0 Å². The van der Waals surface area contributed by atoms with Crippen molar-refractivity contribution in [3.8, 4) is 0 Å². The van der Waals surface area contributed by atoms with Gasteiger partial charge in [0.15, 0.2) is 0 Å². The van der Waals surface area contributed by atoms with Crippen LogP contribution < -0.4 is 4.90 Å². The number of nitro benzene ring substituents is 1. The molecule has 0 atom stereocenters. The first kappa shape index (κ1) is 17.7. The molecule has 1 saturated heterocycles. The highest BCUT2D eigenvalue weighted by atomic mass is 79.9. The number of anilines is 1. The summed E-state index contributed by atoms with van der Waals surface area (Å²) >= 11 is 9.55. The molecule has 25 heavy (non-hydrogen) atoms. The van der Waals surface area contributed by atoms with Crippen LogP contribution in [0.4, 0.5) is 11.4 Å². The van der Waals surface area contributed by atoms with E-state index in [1.165, 1.54) is 6.07 Å². The molecule has 1 amide bonds. The summed E-state index contributed by atoms with van der Waals surface area (Å²) in [5, 5.41) is 11.6. The normalized spacial score (nSPS) is 14.5. The maximum Gasteiger partial charge on any atom is 0.294 e. The number of carbonyl (C=O) groups excluding carboxylic acids is 1. The highest BCUT2D eigenvalue weighted by Crippen LogP contribution is 2.35. The Morgan fingerprint density at radius 2 is 1.80 bits per heavy atom. The number of carbonyl (C=O) groups is 1. The lowest BCUT2D eigenvalue weighted by Gasteiger charge is -2.36. The van der Waals surface area contributed by atoms with E-state index in [9.17, 15) is 14.9 Å². The fourth-order valence-electron chi connectivity index (χ4n) is 2.90. The molecule has 0 bridgehead atoms. The van der Waals surface area contributed by atoms with Crippen LogP contribution in [0, 0.1) is 10.1 Å². The molecule has 0 aromatic heterocycles. The largest absolute Gasteiger partial charge is 0.361 e. The molecular formula is C17H15BrClN3O3. The quantitative estimate of drug-likeness (QED) is 0.552. The van der Waals surface area contributed by atoms with Gasteiger partial charge in [0.05, 0.1) is 9.95 Å². The Balaban J connectivity index is 1.75. The maximum atomic E-state index is 12.6. The molecule has 1 aliphatic heterocycles. The van der Waals surface area contributed by atoms with Gasteiger partial charge in [-0.2, -0.15) is 0 Å². The van der Waals surface area contributed by atoms with Crippen molar-refractivity contribution in [2.75, 3.05) is 31.1 Å². The smallest absolute Gasteiger partial charge is 0.294 e. The molecule has 130 valence electrons. The van der Waals surface area contributed by atoms with Gasteiger partial charge < -0.3 is 9.80 Å². The predicted molar refractivity (Wildman–Crippen MR) is 100 cm³/mol. The fraction of sp³-hybridized carbons (Fsp3) is 0.235. The minimum absolute atomic E-state index is 0.0146. The lowest BCUT2D eigenvalue weighted by Crippen LogP contribution is -2.49. The molecule has 8 heteroatoms. The van der Waals surface area contributed by atoms with Crippen molar-refractivity contribution in [3.63, 3.8) is 0 Å². The Hall–Kier alpha value is -2.12. The number of nitro groups is 1. The zero-order chi connectivity index (χ0) is 18.0. The summed E-state index contributed by atoms with van der Waals surface area (Å²) in [5.74, 6) is -0.0467. The molecule has 1 aliphatic rings. The second-order valence-corrected chi connectivity index (χ2v) is 6.98. The first-order valence-electron chi connectivity index (χ1n) is 7.70. The van der Waals surface area contributed by atoms with E-state index in [2.05, 4.69) is 15.9 Å². The minimum Gasteiger partial charge on any atom is -0.361 e. The van der Waals surface area contributed by atoms with E-state index < -0.39 is 4.92 Å². The minimum atomic E-state index is -0.430. The summed E-state index contributed by atoms with van der Waals surface area (Å²) in [4.78, 5) is 27.0. The Morgan fingerprint density at radius 3 is 2.44 bits per heavy atom. The van der Waals surface area contributed by atoms with Crippen LogP contribution in [0.1, 0.15) is 10.4 Å². The van der Waals surface area contributed by atoms with Gasteiger partial charge in [-0.05, 0) is 24.3 Å². The van der Waals surface area contributed by atoms with Crippen molar-refractivity contribution >= 4 is 44.8 Å². The van der Waals surface area contributed by atoms with Crippen molar-refractivity contribution in [1.82, 2.24) is 4.90 Å². The molecule has 2 aromatic carbocycles. The van der Waals surface area contributed by atoms with Gasteiger partial charge in [-0.1, -0.05) is 39.7 Å². The highest BCUT2D eigenvalue weighted by molar-refractivity contribution is 9.10. The highest BCUT2D eigenvalue weighted by Gasteiger charge is 2.28. The molecular weight excluding hydrogens is 410 g/mol. The number of rotatable bonds is 3. The molecule has 2 aromatic rings. The average Bonchev–Trinajstić information content (AvgIpc) is 2.61. The number of hydrogen-bond acceptors (Lipinski definition) is 4. The first-order chi connectivity index (χ1) is 12.0. The summed E-state index contributed by atoms with van der Waals surface area (Å²) in [5.41, 5.74) is 1.02. The number of amides is 1. The molecule has 0 aliphatic carbocycles. The molecule has 0 spiro atoms. The van der Waals surface area contributed by atoms with E-state index in [1.54, 1.807) is 29.2 Å². The Labute approximate surface area is 158 Å². The molecule has 0 N–H and O–H groups in total. The van der Waals surface area contributed by atoms with Crippen LogP contribution >= 0.6 is 27.5 Å². The van der Waals surface area contributed by atoms with Crippen LogP contribution in [0.15, 0.2) is 46.9 Å². The van der Waals surface area contributed by atoms with Crippen molar-refractivity contribution in [1.29, 1.82) is 0 Å². The van der Waals surface area contributed by atoms with Crippen molar-refractivity contribution in [2.24, 2.45) is 0 Å². The summed E-state index contributed by atoms with van der Waals surface area (Å²) in [6.07, 6.45) is 0. The number of nitrogens with zero attached hydrogens (tertiary/aromatic N) is 3. The van der Waals surface area contributed by atoms with Crippen molar-refractivity contribution in [3.05, 3.63) is 67.6 Å². The molecule has 1 fully saturated rings. The SMILES string of the molecule is O=C(c1cccc(Br)c1)N1CCN(c2c(Cl)cccc2[N+](=O)[O-])CC1. The molecule has 0 unspecified atom stereocenters. The van der Waals surface area contributed by atoms with Gasteiger partial charge in [-0.25, -0.2) is 0 Å². The monoisotopic (exact) mass is 423 g/mol. The van der Waals surface area contributed by atoms with Gasteiger partial charge in [0.1, 0.15) is 5.69 Å². The van der Waals surface area contributed by atoms with E-state index in [4.69, 9.17) is 11.6 Å². The van der Waals surface area contributed by atoms with Gasteiger partial charge in [0, 0.05) is 42.3 Å². The van der Waals surface area contributed by atoms with Gasteiger partial charge >= 0.3 is 0 Å². The first-order valence-corrected chi connectivity index (χ1v) is 8.87. The van der Waals surface area contributed by atoms with Gasteiger partial charge in [-0.3, -0.25) is 14.9 Å². The van der Waals surface area contributed by atoms with Crippen molar-refractivity contribution in [2.45, 2.75) is 0 Å². The summed E-state index contributed by atoms with van der Waals surface area (Å²) < 4.78 is 0.851. The summed E-state index contributed by atoms with van der Waals surface area (Å²) in [6, 6.07) is 11.9. The lowest BCUT2D eigenvalue weighted by molar-refractivity contribution is -0.384. The number of benzene rings is 2. The molecule has 6 nitrogen and oxygen atoms in total. The third-order valence-corrected chi connectivity index (χ3v) is 4.92. The molecule has 0 radical (unpaired) electrons. The van der Waals surface area contributed by atoms with E-state index in [1.807, 2.05) is 17.0 Å². The van der Waals surface area contributed by atoms with Gasteiger partial charge in [-0.15, -0.1) is 0 Å². The average molecular weight is 425 g/mol. The predicted octanol–water partition coefficient (Wildman–Crippen LogP) is 3.97. The second-order valence-electron chi connectivity index (χ2n) is 5.65. The van der Waals surface area contributed by atoms with E-state index in [0.717, 1.165) is 4.47 Å². The number of halogens is 2. The number of para-hydroxylation sites is 1. The lowest BCUT2D eigenvalue weighted by atomic mass is 10.1. The second kappa shape index (κ2) is 7.41. The van der Waals surface area contributed by atoms with Crippen LogP contribution in [0.5, 0.6) is 0 Å². The molecule has 1 heterocycles. The van der Waals surface area contributed by atoms with Crippen molar-refractivity contribution < 1.29 is 9.72 Å². The summed E-state index contributed by atoms with van der Waals surface area (Å²) in [6.45, 7) is 1.94. The Morgan fingerprint density at radius 1 is 1.12 bits per heavy atom. The Bertz CT molecular complexity index is 823. The molecule has 3 rings (SSSR count). The van der Waals surface area contributed by atoms with Crippen LogP contribution in [0.3, 0.4) is 0 Å². The molecule has 0 saturated carbocycles. The van der Waals surface area contributed by atoms with E-state index in [-0.39, 0.29) is 11.6 Å². The number of hydrogen-bond donors (Lipinski definition) is 0.